The maximum absolute atomic E-state index is 13.6. The number of hydrogen-bond acceptors (Lipinski definition) is 6. The Morgan fingerprint density at radius 2 is 1.79 bits per heavy atom. The highest BCUT2D eigenvalue weighted by Gasteiger charge is 2.40. The lowest BCUT2D eigenvalue weighted by Crippen LogP contribution is -2.30. The molecule has 0 radical (unpaired) electrons. The van der Waals surface area contributed by atoms with Gasteiger partial charge in [-0.15, -0.1) is 0 Å². The van der Waals surface area contributed by atoms with Gasteiger partial charge in [0, 0.05) is 10.7 Å². The van der Waals surface area contributed by atoms with Crippen LogP contribution in [0.25, 0.3) is 0 Å². The van der Waals surface area contributed by atoms with Gasteiger partial charge in [0.15, 0.2) is 0 Å². The normalized spacial score (nSPS) is 16.1. The Kier molecular flexibility index (Phi) is 8.74. The number of carbonyl (C=O) groups excluding carboxylic acids is 3. The quantitative estimate of drug-likeness (QED) is 0.207. The number of halogens is 2. The summed E-state index contributed by atoms with van der Waals surface area (Å²) >= 11 is 13.4. The molecule has 3 aromatic carbocycles. The lowest BCUT2D eigenvalue weighted by Gasteiger charge is -2.18. The number of rotatable bonds is 7. The van der Waals surface area contributed by atoms with Crippen molar-refractivity contribution in [3.63, 3.8) is 0 Å². The molecule has 1 saturated heterocycles. The molecule has 0 aliphatic carbocycles. The summed E-state index contributed by atoms with van der Waals surface area (Å²) in [7, 11) is 0. The van der Waals surface area contributed by atoms with Crippen LogP contribution in [0.1, 0.15) is 22.8 Å². The maximum atomic E-state index is 13.6. The van der Waals surface area contributed by atoms with Crippen molar-refractivity contribution in [2.75, 3.05) is 16.8 Å². The minimum Gasteiger partial charge on any atom is -0.462 e. The van der Waals surface area contributed by atoms with E-state index in [2.05, 4.69) is 5.32 Å². The van der Waals surface area contributed by atoms with Gasteiger partial charge in [0.25, 0.3) is 5.91 Å². The number of nitriles is 1. The van der Waals surface area contributed by atoms with Crippen LogP contribution in [0, 0.1) is 11.3 Å². The summed E-state index contributed by atoms with van der Waals surface area (Å²) in [4.78, 5) is 40.2. The van der Waals surface area contributed by atoms with Crippen LogP contribution in [0.15, 0.2) is 83.4 Å². The first-order valence-corrected chi connectivity index (χ1v) is 13.2. The topological polar surface area (TPSA) is 99.5 Å². The van der Waals surface area contributed by atoms with Gasteiger partial charge in [-0.05, 0) is 61.4 Å². The first-order valence-electron chi connectivity index (χ1n) is 11.5. The molecule has 4 rings (SSSR count). The number of benzene rings is 3. The largest absolute Gasteiger partial charge is 0.462 e. The van der Waals surface area contributed by atoms with Crippen molar-refractivity contribution in [2.45, 2.75) is 18.6 Å². The van der Waals surface area contributed by atoms with Gasteiger partial charge in [-0.3, -0.25) is 14.5 Å². The van der Waals surface area contributed by atoms with Crippen LogP contribution < -0.4 is 10.2 Å². The molecule has 192 valence electrons. The van der Waals surface area contributed by atoms with Gasteiger partial charge in [-0.1, -0.05) is 65.3 Å². The average molecular weight is 566 g/mol. The number of para-hydroxylation sites is 1. The van der Waals surface area contributed by atoms with Gasteiger partial charge in [-0.2, -0.15) is 5.26 Å². The highest BCUT2D eigenvalue weighted by Crippen LogP contribution is 2.42. The Hall–Kier alpha value is -3.77. The van der Waals surface area contributed by atoms with Crippen LogP contribution in [-0.4, -0.2) is 29.6 Å². The third kappa shape index (κ3) is 6.03. The standard InChI is InChI=1S/C28H21Cl2N3O4S/c1-2-37-28(36)18-10-8-17(9-11-18)14-24-26(35)33(20-6-4-3-5-7-20)27(38-24)21(16-31)25(34)32-23-15-19(29)12-13-22(23)30/h3-13,15,24H,2,14H2,1H3,(H,32,34)/b27-21-. The second-order valence-corrected chi connectivity index (χ2v) is 10.1. The Bertz CT molecular complexity index is 1450. The lowest BCUT2D eigenvalue weighted by molar-refractivity contribution is -0.117. The van der Waals surface area contributed by atoms with E-state index in [0.29, 0.717) is 22.7 Å². The number of thioether (sulfide) groups is 1. The van der Waals surface area contributed by atoms with Crippen molar-refractivity contribution in [3.8, 4) is 6.07 Å². The molecular weight excluding hydrogens is 545 g/mol. The van der Waals surface area contributed by atoms with Gasteiger partial charge in [0.05, 0.1) is 28.1 Å². The van der Waals surface area contributed by atoms with Crippen molar-refractivity contribution in [2.24, 2.45) is 0 Å². The minimum atomic E-state index is -0.715. The molecule has 38 heavy (non-hydrogen) atoms. The molecule has 3 aromatic rings. The molecule has 10 heteroatoms. The number of ether oxygens (including phenoxy) is 1. The van der Waals surface area contributed by atoms with Gasteiger partial charge in [-0.25, -0.2) is 4.79 Å². The van der Waals surface area contributed by atoms with Crippen molar-refractivity contribution in [1.82, 2.24) is 0 Å². The zero-order valence-corrected chi connectivity index (χ0v) is 22.4. The Morgan fingerprint density at radius 3 is 2.45 bits per heavy atom. The van der Waals surface area contributed by atoms with Crippen LogP contribution in [0.3, 0.4) is 0 Å². The molecule has 1 N–H and O–H groups in total. The molecule has 2 amide bonds. The summed E-state index contributed by atoms with van der Waals surface area (Å²) in [5.74, 6) is -1.41. The van der Waals surface area contributed by atoms with Crippen LogP contribution >= 0.6 is 35.0 Å². The van der Waals surface area contributed by atoms with Crippen LogP contribution in [0.4, 0.5) is 11.4 Å². The molecular formula is C28H21Cl2N3O4S. The van der Waals surface area contributed by atoms with Crippen molar-refractivity contribution in [1.29, 1.82) is 5.26 Å². The number of hydrogen-bond donors (Lipinski definition) is 1. The molecule has 7 nitrogen and oxygen atoms in total. The summed E-state index contributed by atoms with van der Waals surface area (Å²) < 4.78 is 5.02. The molecule has 0 saturated carbocycles. The van der Waals surface area contributed by atoms with Gasteiger partial charge in [0.1, 0.15) is 16.7 Å². The zero-order chi connectivity index (χ0) is 27.2. The summed E-state index contributed by atoms with van der Waals surface area (Å²) in [5.41, 5.74) is 1.77. The molecule has 1 atom stereocenters. The van der Waals surface area contributed by atoms with E-state index in [0.717, 1.165) is 17.3 Å². The first-order chi connectivity index (χ1) is 18.3. The van der Waals surface area contributed by atoms with Gasteiger partial charge in [0.2, 0.25) is 5.91 Å². The molecule has 0 spiro atoms. The molecule has 0 aromatic heterocycles. The first kappa shape index (κ1) is 27.3. The second kappa shape index (κ2) is 12.2. The average Bonchev–Trinajstić information content (AvgIpc) is 3.22. The molecule has 1 fully saturated rings. The van der Waals surface area contributed by atoms with E-state index in [9.17, 15) is 19.6 Å². The Labute approximate surface area is 234 Å². The summed E-state index contributed by atoms with van der Waals surface area (Å²) in [6.45, 7) is 2.01. The van der Waals surface area contributed by atoms with Crippen molar-refractivity contribution < 1.29 is 19.1 Å². The van der Waals surface area contributed by atoms with Crippen LogP contribution in [0.2, 0.25) is 10.0 Å². The smallest absolute Gasteiger partial charge is 0.338 e. The van der Waals surface area contributed by atoms with Gasteiger partial charge < -0.3 is 10.1 Å². The van der Waals surface area contributed by atoms with Gasteiger partial charge >= 0.3 is 5.97 Å². The molecule has 1 aliphatic heterocycles. The van der Waals surface area contributed by atoms with E-state index >= 15 is 0 Å². The maximum Gasteiger partial charge on any atom is 0.338 e. The number of carbonyl (C=O) groups is 3. The summed E-state index contributed by atoms with van der Waals surface area (Å²) in [6, 6.07) is 22.2. The van der Waals surface area contributed by atoms with Crippen molar-refractivity contribution in [3.05, 3.63) is 105 Å². The molecule has 0 bridgehead atoms. The molecule has 1 heterocycles. The van der Waals surface area contributed by atoms with E-state index in [1.165, 1.54) is 17.0 Å². The fourth-order valence-electron chi connectivity index (χ4n) is 3.78. The number of amides is 2. The third-order valence-electron chi connectivity index (χ3n) is 5.58. The van der Waals surface area contributed by atoms with E-state index in [-0.39, 0.29) is 33.8 Å². The number of anilines is 2. The minimum absolute atomic E-state index is 0.215. The second-order valence-electron chi connectivity index (χ2n) is 8.11. The lowest BCUT2D eigenvalue weighted by atomic mass is 10.1. The van der Waals surface area contributed by atoms with E-state index in [4.69, 9.17) is 27.9 Å². The fraction of sp³-hybridized carbons (Fsp3) is 0.143. The number of nitrogens with zero attached hydrogens (tertiary/aromatic N) is 2. The zero-order valence-electron chi connectivity index (χ0n) is 20.1. The predicted molar refractivity (Wildman–Crippen MR) is 149 cm³/mol. The Balaban J connectivity index is 1.66. The highest BCUT2D eigenvalue weighted by molar-refractivity contribution is 8.05. The third-order valence-corrected chi connectivity index (χ3v) is 7.41. The van der Waals surface area contributed by atoms with E-state index in [1.807, 2.05) is 12.1 Å². The summed E-state index contributed by atoms with van der Waals surface area (Å²) in [5, 5.41) is 12.8. The highest BCUT2D eigenvalue weighted by atomic mass is 35.5. The molecule has 1 unspecified atom stereocenters. The SMILES string of the molecule is CCOC(=O)c1ccc(CC2S/C(=C(/C#N)C(=O)Nc3cc(Cl)ccc3Cl)N(c3ccccc3)C2=O)cc1. The monoisotopic (exact) mass is 565 g/mol. The number of nitrogens with one attached hydrogen (secondary N) is 1. The van der Waals surface area contributed by atoms with Crippen LogP contribution in [0.5, 0.6) is 0 Å². The van der Waals surface area contributed by atoms with E-state index in [1.54, 1.807) is 61.5 Å². The Morgan fingerprint density at radius 1 is 1.08 bits per heavy atom. The fourth-order valence-corrected chi connectivity index (χ4v) is 5.43. The van der Waals surface area contributed by atoms with Crippen LogP contribution in [-0.2, 0) is 20.7 Å². The number of esters is 1. The summed E-state index contributed by atoms with van der Waals surface area (Å²) in [6.07, 6.45) is 0.319. The van der Waals surface area contributed by atoms with Crippen molar-refractivity contribution >= 4 is 64.1 Å². The predicted octanol–water partition coefficient (Wildman–Crippen LogP) is 6.24. The molecule has 1 aliphatic rings. The van der Waals surface area contributed by atoms with E-state index < -0.39 is 17.1 Å².